The Morgan fingerprint density at radius 2 is 2.00 bits per heavy atom. The molecule has 1 aromatic carbocycles. The molecule has 124 valence electrons. The van der Waals surface area contributed by atoms with Gasteiger partial charge in [0.1, 0.15) is 10.8 Å². The average molecular weight is 350 g/mol. The Kier molecular flexibility index (Phi) is 4.53. The number of hydrogen-bond donors (Lipinski definition) is 1. The van der Waals surface area contributed by atoms with Crippen LogP contribution in [0.1, 0.15) is 18.9 Å². The first kappa shape index (κ1) is 16.4. The van der Waals surface area contributed by atoms with E-state index in [0.29, 0.717) is 11.1 Å². The predicted octanol–water partition coefficient (Wildman–Crippen LogP) is 4.95. The molecule has 0 amide bonds. The Hall–Kier alpha value is -2.41. The maximum absolute atomic E-state index is 14.0. The van der Waals surface area contributed by atoms with Crippen LogP contribution in [-0.4, -0.2) is 15.1 Å². The maximum Gasteiger partial charge on any atom is 0.201 e. The van der Waals surface area contributed by atoms with E-state index in [1.165, 1.54) is 16.7 Å². The van der Waals surface area contributed by atoms with E-state index in [0.717, 1.165) is 24.0 Å². The van der Waals surface area contributed by atoms with Crippen molar-refractivity contribution in [2.24, 2.45) is 0 Å². The number of halogens is 3. The molecular formula is C17H13F3N2OS. The minimum Gasteiger partial charge on any atom is -0.505 e. The maximum atomic E-state index is 14.0. The highest BCUT2D eigenvalue weighted by molar-refractivity contribution is 7.13. The summed E-state index contributed by atoms with van der Waals surface area (Å²) in [4.78, 5) is 8.31. The topological polar surface area (TPSA) is 46.0 Å². The number of hydrogen-bond acceptors (Lipinski definition) is 4. The minimum atomic E-state index is -1.49. The summed E-state index contributed by atoms with van der Waals surface area (Å²) in [7, 11) is 0. The molecule has 7 heteroatoms. The van der Waals surface area contributed by atoms with Crippen molar-refractivity contribution in [3.8, 4) is 27.6 Å². The molecule has 0 aliphatic heterocycles. The van der Waals surface area contributed by atoms with Gasteiger partial charge in [-0.1, -0.05) is 13.3 Å². The van der Waals surface area contributed by atoms with Gasteiger partial charge in [-0.25, -0.2) is 13.8 Å². The first-order valence-corrected chi connectivity index (χ1v) is 8.16. The summed E-state index contributed by atoms with van der Waals surface area (Å²) in [5.74, 6) is -5.08. The van der Waals surface area contributed by atoms with Gasteiger partial charge in [-0.15, -0.1) is 11.3 Å². The van der Waals surface area contributed by atoms with Gasteiger partial charge in [-0.05, 0) is 18.1 Å². The van der Waals surface area contributed by atoms with Gasteiger partial charge in [0.25, 0.3) is 0 Å². The molecule has 0 bridgehead atoms. The smallest absolute Gasteiger partial charge is 0.201 e. The Labute approximate surface area is 140 Å². The van der Waals surface area contributed by atoms with Crippen LogP contribution in [0.3, 0.4) is 0 Å². The third-order valence-corrected chi connectivity index (χ3v) is 4.44. The highest BCUT2D eigenvalue weighted by Gasteiger charge is 2.22. The van der Waals surface area contributed by atoms with Crippen LogP contribution >= 0.6 is 11.3 Å². The van der Waals surface area contributed by atoms with Crippen molar-refractivity contribution in [2.45, 2.75) is 19.8 Å². The number of aryl methyl sites for hydroxylation is 1. The summed E-state index contributed by atoms with van der Waals surface area (Å²) in [5.41, 5.74) is 1.21. The molecule has 2 aromatic heterocycles. The first-order valence-electron chi connectivity index (χ1n) is 7.28. The van der Waals surface area contributed by atoms with Crippen molar-refractivity contribution in [1.82, 2.24) is 9.97 Å². The highest BCUT2D eigenvalue weighted by atomic mass is 32.1. The van der Waals surface area contributed by atoms with E-state index in [4.69, 9.17) is 5.11 Å². The lowest BCUT2D eigenvalue weighted by Gasteiger charge is -2.06. The number of aromatic nitrogens is 2. The van der Waals surface area contributed by atoms with E-state index in [1.807, 2.05) is 13.0 Å². The number of aromatic hydroxyl groups is 1. The van der Waals surface area contributed by atoms with E-state index < -0.39 is 28.8 Å². The van der Waals surface area contributed by atoms with Crippen molar-refractivity contribution in [3.05, 3.63) is 52.9 Å². The molecule has 0 fully saturated rings. The minimum absolute atomic E-state index is 0.0183. The van der Waals surface area contributed by atoms with Gasteiger partial charge in [-0.2, -0.15) is 4.39 Å². The van der Waals surface area contributed by atoms with Crippen LogP contribution in [0, 0.1) is 17.5 Å². The second-order valence-corrected chi connectivity index (χ2v) is 6.06. The van der Waals surface area contributed by atoms with Crippen LogP contribution in [0.15, 0.2) is 29.9 Å². The van der Waals surface area contributed by atoms with Crippen LogP contribution in [-0.2, 0) is 6.42 Å². The van der Waals surface area contributed by atoms with E-state index in [-0.39, 0.29) is 5.69 Å². The third kappa shape index (κ3) is 2.87. The van der Waals surface area contributed by atoms with Crippen LogP contribution in [0.2, 0.25) is 0 Å². The highest BCUT2D eigenvalue weighted by Crippen LogP contribution is 2.35. The van der Waals surface area contributed by atoms with E-state index >= 15 is 0 Å². The largest absolute Gasteiger partial charge is 0.505 e. The van der Waals surface area contributed by atoms with E-state index in [2.05, 4.69) is 9.97 Å². The lowest BCUT2D eigenvalue weighted by Crippen LogP contribution is -1.96. The Bertz CT molecular complexity index is 896. The van der Waals surface area contributed by atoms with Gasteiger partial charge in [0.15, 0.2) is 11.6 Å². The normalized spacial score (nSPS) is 11.0. The van der Waals surface area contributed by atoms with Crippen LogP contribution in [0.5, 0.6) is 5.75 Å². The van der Waals surface area contributed by atoms with Crippen molar-refractivity contribution in [3.63, 3.8) is 0 Å². The molecule has 3 aromatic rings. The van der Waals surface area contributed by atoms with Crippen molar-refractivity contribution < 1.29 is 18.3 Å². The zero-order valence-corrected chi connectivity index (χ0v) is 13.5. The Morgan fingerprint density at radius 3 is 2.75 bits per heavy atom. The number of rotatable bonds is 4. The SMILES string of the molecule is CCCc1ccncc1-c1nc(-c2c(F)cc(O)c(F)c2F)cs1. The molecular weight excluding hydrogens is 337 g/mol. The third-order valence-electron chi connectivity index (χ3n) is 3.56. The zero-order chi connectivity index (χ0) is 17.3. The van der Waals surface area contributed by atoms with Crippen LogP contribution < -0.4 is 0 Å². The quantitative estimate of drug-likeness (QED) is 0.678. The summed E-state index contributed by atoms with van der Waals surface area (Å²) in [5, 5.41) is 11.2. The molecule has 3 nitrogen and oxygen atoms in total. The number of phenolic OH excluding ortho intramolecular Hbond substituents is 1. The summed E-state index contributed by atoms with van der Waals surface area (Å²) in [6.07, 6.45) is 5.08. The lowest BCUT2D eigenvalue weighted by atomic mass is 10.1. The van der Waals surface area contributed by atoms with Crippen molar-refractivity contribution in [1.29, 1.82) is 0 Å². The second kappa shape index (κ2) is 6.60. The second-order valence-electron chi connectivity index (χ2n) is 5.20. The summed E-state index contributed by atoms with van der Waals surface area (Å²) >= 11 is 1.20. The molecule has 1 N–H and O–H groups in total. The predicted molar refractivity (Wildman–Crippen MR) is 86.3 cm³/mol. The van der Waals surface area contributed by atoms with Gasteiger partial charge in [0, 0.05) is 29.4 Å². The van der Waals surface area contributed by atoms with Gasteiger partial charge >= 0.3 is 0 Å². The van der Waals surface area contributed by atoms with Gasteiger partial charge in [-0.3, -0.25) is 4.98 Å². The summed E-state index contributed by atoms with van der Waals surface area (Å²) < 4.78 is 41.5. The molecule has 0 aliphatic rings. The molecule has 0 spiro atoms. The summed E-state index contributed by atoms with van der Waals surface area (Å²) in [6.45, 7) is 2.04. The van der Waals surface area contributed by atoms with Crippen molar-refractivity contribution in [2.75, 3.05) is 0 Å². The fourth-order valence-electron chi connectivity index (χ4n) is 2.43. The molecule has 24 heavy (non-hydrogen) atoms. The van der Waals surface area contributed by atoms with E-state index in [9.17, 15) is 13.2 Å². The van der Waals surface area contributed by atoms with Gasteiger partial charge < -0.3 is 5.11 Å². The number of thiazole rings is 1. The molecule has 0 atom stereocenters. The lowest BCUT2D eigenvalue weighted by molar-refractivity contribution is 0.401. The first-order chi connectivity index (χ1) is 11.5. The van der Waals surface area contributed by atoms with Crippen molar-refractivity contribution >= 4 is 11.3 Å². The molecule has 0 saturated heterocycles. The number of nitrogens with zero attached hydrogens (tertiary/aromatic N) is 2. The number of phenols is 1. The molecule has 0 saturated carbocycles. The summed E-state index contributed by atoms with van der Waals surface area (Å²) in [6, 6.07) is 2.42. The molecule has 0 aliphatic carbocycles. The monoisotopic (exact) mass is 350 g/mol. The van der Waals surface area contributed by atoms with Crippen LogP contribution in [0.4, 0.5) is 13.2 Å². The van der Waals surface area contributed by atoms with Crippen LogP contribution in [0.25, 0.3) is 21.8 Å². The standard InChI is InChI=1S/C17H13F3N2OS/c1-2-3-9-4-5-21-7-10(9)17-22-12(8-24-17)14-11(18)6-13(23)15(19)16(14)20/h4-8,23H,2-3H2,1H3. The number of pyridine rings is 1. The molecule has 3 rings (SSSR count). The molecule has 2 heterocycles. The number of benzene rings is 1. The van der Waals surface area contributed by atoms with Gasteiger partial charge in [0.2, 0.25) is 5.82 Å². The Morgan fingerprint density at radius 1 is 1.21 bits per heavy atom. The zero-order valence-electron chi connectivity index (χ0n) is 12.7. The fourth-order valence-corrected chi connectivity index (χ4v) is 3.29. The molecule has 0 radical (unpaired) electrons. The average Bonchev–Trinajstić information content (AvgIpc) is 3.03. The Balaban J connectivity index is 2.09. The van der Waals surface area contributed by atoms with Gasteiger partial charge in [0.05, 0.1) is 11.3 Å². The fraction of sp³-hybridized carbons (Fsp3) is 0.176. The molecule has 0 unspecified atom stereocenters. The van der Waals surface area contributed by atoms with E-state index in [1.54, 1.807) is 12.4 Å².